The van der Waals surface area contributed by atoms with Gasteiger partial charge >= 0.3 is 5.97 Å². The fourth-order valence-corrected chi connectivity index (χ4v) is 5.24. The third-order valence-electron chi connectivity index (χ3n) is 5.74. The number of esters is 1. The number of hydrogen-bond acceptors (Lipinski definition) is 8. The Hall–Kier alpha value is -2.82. The van der Waals surface area contributed by atoms with Crippen LogP contribution in [0.1, 0.15) is 24.3 Å². The predicted molar refractivity (Wildman–Crippen MR) is 114 cm³/mol. The van der Waals surface area contributed by atoms with Gasteiger partial charge in [0.15, 0.2) is 0 Å². The molecular weight excluding hydrogens is 438 g/mol. The number of aliphatic hydroxyl groups is 1. The van der Waals surface area contributed by atoms with Crippen LogP contribution in [0.5, 0.6) is 11.5 Å². The Bertz CT molecular complexity index is 1090. The highest BCUT2D eigenvalue weighted by Crippen LogP contribution is 2.47. The summed E-state index contributed by atoms with van der Waals surface area (Å²) in [6, 6.07) is 11.1. The first kappa shape index (κ1) is 22.4. The second-order valence-corrected chi connectivity index (χ2v) is 9.40. The van der Waals surface area contributed by atoms with Gasteiger partial charge in [-0.1, -0.05) is 0 Å². The SMILES string of the molecule is COC(=O)C[C@H]1C[C@@H]2c3cc(NS(=O)(=O)c4ccc(OC)cc4)ccc3O[C@@H]2[C@@H](CO)O1. The number of sulfonamides is 1. The molecule has 0 saturated carbocycles. The fraction of sp³-hybridized carbons (Fsp3) is 0.409. The third-order valence-corrected chi connectivity index (χ3v) is 7.14. The van der Waals surface area contributed by atoms with Crippen molar-refractivity contribution in [1.82, 2.24) is 0 Å². The van der Waals surface area contributed by atoms with E-state index in [0.29, 0.717) is 23.6 Å². The molecule has 1 saturated heterocycles. The molecule has 2 aliphatic heterocycles. The summed E-state index contributed by atoms with van der Waals surface area (Å²) in [4.78, 5) is 11.8. The third kappa shape index (κ3) is 4.38. The molecule has 0 aliphatic carbocycles. The molecule has 0 bridgehead atoms. The number of carbonyl (C=O) groups excluding carboxylic acids is 1. The van der Waals surface area contributed by atoms with Crippen molar-refractivity contribution in [3.05, 3.63) is 48.0 Å². The Morgan fingerprint density at radius 1 is 1.19 bits per heavy atom. The molecule has 2 N–H and O–H groups in total. The molecule has 2 aliphatic rings. The van der Waals surface area contributed by atoms with Gasteiger partial charge in [-0.15, -0.1) is 0 Å². The monoisotopic (exact) mass is 463 g/mol. The average Bonchev–Trinajstić information content (AvgIpc) is 3.16. The maximum atomic E-state index is 12.8. The molecule has 9 nitrogen and oxygen atoms in total. The van der Waals surface area contributed by atoms with Crippen molar-refractivity contribution in [3.8, 4) is 11.5 Å². The molecule has 0 amide bonds. The molecular formula is C22H25NO8S. The van der Waals surface area contributed by atoms with Crippen LogP contribution < -0.4 is 14.2 Å². The Balaban J connectivity index is 1.57. The van der Waals surface area contributed by atoms with Gasteiger partial charge in [0.25, 0.3) is 10.0 Å². The highest BCUT2D eigenvalue weighted by atomic mass is 32.2. The predicted octanol–water partition coefficient (Wildman–Crippen LogP) is 2.05. The molecule has 0 aromatic heterocycles. The molecule has 10 heteroatoms. The van der Waals surface area contributed by atoms with E-state index >= 15 is 0 Å². The first-order valence-corrected chi connectivity index (χ1v) is 11.6. The lowest BCUT2D eigenvalue weighted by Gasteiger charge is -2.36. The Morgan fingerprint density at radius 2 is 1.94 bits per heavy atom. The van der Waals surface area contributed by atoms with Crippen molar-refractivity contribution in [3.63, 3.8) is 0 Å². The summed E-state index contributed by atoms with van der Waals surface area (Å²) in [6.45, 7) is -0.260. The zero-order valence-electron chi connectivity index (χ0n) is 17.7. The lowest BCUT2D eigenvalue weighted by Crippen LogP contribution is -2.46. The normalized spacial score (nSPS) is 24.1. The number of fused-ring (bicyclic) bond motifs is 3. The van der Waals surface area contributed by atoms with Crippen LogP contribution in [-0.2, 0) is 24.3 Å². The Kier molecular flexibility index (Phi) is 6.27. The van der Waals surface area contributed by atoms with Crippen LogP contribution in [0.2, 0.25) is 0 Å². The van der Waals surface area contributed by atoms with E-state index in [1.54, 1.807) is 30.3 Å². The van der Waals surface area contributed by atoms with E-state index in [4.69, 9.17) is 18.9 Å². The fourth-order valence-electron chi connectivity index (χ4n) is 4.19. The van der Waals surface area contributed by atoms with Gasteiger partial charge in [0.1, 0.15) is 23.7 Å². The van der Waals surface area contributed by atoms with Gasteiger partial charge < -0.3 is 24.1 Å². The molecule has 1 fully saturated rings. The van der Waals surface area contributed by atoms with Gasteiger partial charge in [0.2, 0.25) is 0 Å². The summed E-state index contributed by atoms with van der Waals surface area (Å²) in [5.74, 6) is 0.610. The topological polar surface area (TPSA) is 120 Å². The van der Waals surface area contributed by atoms with Gasteiger partial charge in [0.05, 0.1) is 38.2 Å². The highest BCUT2D eigenvalue weighted by molar-refractivity contribution is 7.92. The van der Waals surface area contributed by atoms with Crippen LogP contribution in [-0.4, -0.2) is 58.6 Å². The number of rotatable bonds is 7. The van der Waals surface area contributed by atoms with Gasteiger partial charge in [-0.05, 0) is 48.9 Å². The number of ether oxygens (including phenoxy) is 4. The van der Waals surface area contributed by atoms with Gasteiger partial charge in [-0.25, -0.2) is 8.42 Å². The zero-order chi connectivity index (χ0) is 22.9. The molecule has 172 valence electrons. The summed E-state index contributed by atoms with van der Waals surface area (Å²) in [7, 11) is -0.982. The minimum atomic E-state index is -3.80. The molecule has 0 spiro atoms. The smallest absolute Gasteiger partial charge is 0.308 e. The minimum absolute atomic E-state index is 0.0648. The highest BCUT2D eigenvalue weighted by Gasteiger charge is 2.46. The molecule has 4 atom stereocenters. The summed E-state index contributed by atoms with van der Waals surface area (Å²) >= 11 is 0. The van der Waals surface area contributed by atoms with Gasteiger partial charge in [0, 0.05) is 17.2 Å². The van der Waals surface area contributed by atoms with Crippen LogP contribution in [0.3, 0.4) is 0 Å². The summed E-state index contributed by atoms with van der Waals surface area (Å²) in [6.07, 6.45) is -0.907. The molecule has 2 heterocycles. The summed E-state index contributed by atoms with van der Waals surface area (Å²) < 4.78 is 49.8. The average molecular weight is 464 g/mol. The van der Waals surface area contributed by atoms with Crippen LogP contribution in [0.15, 0.2) is 47.4 Å². The lowest BCUT2D eigenvalue weighted by atomic mass is 9.84. The zero-order valence-corrected chi connectivity index (χ0v) is 18.5. The van der Waals surface area contributed by atoms with Crippen LogP contribution in [0, 0.1) is 0 Å². The van der Waals surface area contributed by atoms with E-state index in [2.05, 4.69) is 4.72 Å². The number of nitrogens with one attached hydrogen (secondary N) is 1. The molecule has 0 radical (unpaired) electrons. The van der Waals surface area contributed by atoms with Crippen LogP contribution in [0.25, 0.3) is 0 Å². The Labute approximate surface area is 186 Å². The van der Waals surface area contributed by atoms with Crippen molar-refractivity contribution < 1.29 is 37.3 Å². The van der Waals surface area contributed by atoms with Crippen molar-refractivity contribution in [1.29, 1.82) is 0 Å². The van der Waals surface area contributed by atoms with Crippen molar-refractivity contribution in [2.24, 2.45) is 0 Å². The molecule has 0 unspecified atom stereocenters. The maximum Gasteiger partial charge on any atom is 0.308 e. The number of benzene rings is 2. The van der Waals surface area contributed by atoms with E-state index in [1.165, 1.54) is 26.4 Å². The molecule has 2 aromatic carbocycles. The van der Waals surface area contributed by atoms with Gasteiger partial charge in [-0.2, -0.15) is 0 Å². The van der Waals surface area contributed by atoms with Crippen LogP contribution in [0.4, 0.5) is 5.69 Å². The first-order valence-electron chi connectivity index (χ1n) is 10.1. The summed E-state index contributed by atoms with van der Waals surface area (Å²) in [5, 5.41) is 9.78. The molecule has 2 aromatic rings. The Morgan fingerprint density at radius 3 is 2.59 bits per heavy atom. The van der Waals surface area contributed by atoms with E-state index in [1.807, 2.05) is 0 Å². The number of hydrogen-bond donors (Lipinski definition) is 2. The standard InChI is InChI=1S/C22H25NO8S/c1-28-14-4-6-16(7-5-14)32(26,27)23-13-3-8-19-17(9-13)18-10-15(11-21(25)29-2)30-20(12-24)22(18)31-19/h3-9,15,18,20,22-24H,10-12H2,1-2H3/t15-,18-,20-,22+/m1/s1. The minimum Gasteiger partial charge on any atom is -0.497 e. The quantitative estimate of drug-likeness (QED) is 0.599. The van der Waals surface area contributed by atoms with Crippen molar-refractivity contribution >= 4 is 21.7 Å². The number of methoxy groups -OCH3 is 2. The largest absolute Gasteiger partial charge is 0.497 e. The lowest BCUT2D eigenvalue weighted by molar-refractivity contribution is -0.156. The van der Waals surface area contributed by atoms with E-state index in [0.717, 1.165) is 5.56 Å². The first-order chi connectivity index (χ1) is 15.3. The summed E-state index contributed by atoms with van der Waals surface area (Å²) in [5.41, 5.74) is 1.20. The number of anilines is 1. The van der Waals surface area contributed by atoms with Crippen molar-refractivity contribution in [2.45, 2.75) is 42.0 Å². The maximum absolute atomic E-state index is 12.8. The second-order valence-electron chi connectivity index (χ2n) is 7.72. The number of aliphatic hydroxyl groups excluding tert-OH is 1. The van der Waals surface area contributed by atoms with Crippen LogP contribution >= 0.6 is 0 Å². The second kappa shape index (κ2) is 8.97. The molecule has 32 heavy (non-hydrogen) atoms. The number of carbonyl (C=O) groups is 1. The van der Waals surface area contributed by atoms with E-state index in [9.17, 15) is 18.3 Å². The van der Waals surface area contributed by atoms with Gasteiger partial charge in [-0.3, -0.25) is 9.52 Å². The van der Waals surface area contributed by atoms with Crippen molar-refractivity contribution in [2.75, 3.05) is 25.5 Å². The van der Waals surface area contributed by atoms with E-state index in [-0.39, 0.29) is 23.8 Å². The van der Waals surface area contributed by atoms with E-state index < -0.39 is 34.3 Å². The molecule has 4 rings (SSSR count).